The zero-order valence-electron chi connectivity index (χ0n) is 45.6. The predicted octanol–water partition coefficient (Wildman–Crippen LogP) is 19.8. The van der Waals surface area contributed by atoms with Crippen molar-refractivity contribution in [2.75, 3.05) is 13.2 Å². The minimum absolute atomic E-state index is 0.0938. The second-order valence-electron chi connectivity index (χ2n) is 19.5. The highest BCUT2D eigenvalue weighted by Crippen LogP contribution is 2.16. The van der Waals surface area contributed by atoms with Crippen molar-refractivity contribution < 1.29 is 28.6 Å². The number of allylic oxidation sites excluding steroid dienone is 12. The van der Waals surface area contributed by atoms with Crippen molar-refractivity contribution in [1.82, 2.24) is 0 Å². The normalized spacial score (nSPS) is 12.6. The molecule has 0 aliphatic rings. The third-order valence-electron chi connectivity index (χ3n) is 12.7. The molecule has 0 saturated carbocycles. The average Bonchev–Trinajstić information content (AvgIpc) is 3.35. The van der Waals surface area contributed by atoms with Crippen molar-refractivity contribution in [1.29, 1.82) is 0 Å². The zero-order valence-corrected chi connectivity index (χ0v) is 45.6. The molecule has 0 aromatic heterocycles. The van der Waals surface area contributed by atoms with Gasteiger partial charge in [0, 0.05) is 19.3 Å². The Bertz CT molecular complexity index is 1290. The molecule has 69 heavy (non-hydrogen) atoms. The molecule has 0 radical (unpaired) electrons. The van der Waals surface area contributed by atoms with E-state index in [4.69, 9.17) is 14.2 Å². The van der Waals surface area contributed by atoms with Gasteiger partial charge in [-0.2, -0.15) is 0 Å². The van der Waals surface area contributed by atoms with E-state index in [0.717, 1.165) is 83.5 Å². The number of carbonyl (C=O) groups excluding carboxylic acids is 3. The Morgan fingerprint density at radius 3 is 0.971 bits per heavy atom. The Morgan fingerprint density at radius 2 is 0.580 bits per heavy atom. The van der Waals surface area contributed by atoms with Crippen LogP contribution in [0.4, 0.5) is 0 Å². The van der Waals surface area contributed by atoms with Crippen LogP contribution in [0.3, 0.4) is 0 Å². The SMILES string of the molecule is CC/C=C\C/C=C\C/C=C\C/C=C\CCCCC(=O)OC(COC(=O)CCCCCCC/C=C\CCCC)COC(=O)CCCCCCCCCCCCCCC/C=C\CCCCCCCCCC. The van der Waals surface area contributed by atoms with Gasteiger partial charge >= 0.3 is 17.9 Å². The van der Waals surface area contributed by atoms with Crippen molar-refractivity contribution in [2.24, 2.45) is 0 Å². The second kappa shape index (κ2) is 57.4. The standard InChI is InChI=1S/C63H110O6/c1-4-7-10-13-16-19-22-24-26-27-28-29-30-31-32-33-34-35-37-38-41-44-47-50-53-56-62(65)68-59-60(58-67-61(64)55-52-49-46-43-40-21-18-15-12-9-6-3)69-63(66)57-54-51-48-45-42-39-36-25-23-20-17-14-11-8-5-2/h8,11,15,17-18,20,25,27-28,36,42,45,60H,4-7,9-10,12-14,16,19,21-24,26,29-35,37-41,43-44,46-59H2,1-3H3/b11-8-,18-15-,20-17-,28-27-,36-25-,45-42-. The minimum atomic E-state index is -0.799. The molecule has 6 nitrogen and oxygen atoms in total. The number of esters is 3. The fraction of sp³-hybridized carbons (Fsp3) is 0.762. The predicted molar refractivity (Wildman–Crippen MR) is 298 cm³/mol. The molecule has 0 aliphatic carbocycles. The summed E-state index contributed by atoms with van der Waals surface area (Å²) in [5.41, 5.74) is 0. The molecule has 1 unspecified atom stereocenters. The first-order valence-electron chi connectivity index (χ1n) is 29.4. The van der Waals surface area contributed by atoms with Crippen molar-refractivity contribution >= 4 is 17.9 Å². The molecule has 0 rings (SSSR count). The molecule has 0 saturated heterocycles. The van der Waals surface area contributed by atoms with E-state index in [2.05, 4.69) is 93.7 Å². The van der Waals surface area contributed by atoms with Gasteiger partial charge < -0.3 is 14.2 Å². The van der Waals surface area contributed by atoms with Gasteiger partial charge in [-0.3, -0.25) is 14.4 Å². The zero-order chi connectivity index (χ0) is 50.0. The summed E-state index contributed by atoms with van der Waals surface area (Å²) in [7, 11) is 0. The maximum atomic E-state index is 12.8. The Kier molecular flexibility index (Phi) is 54.8. The number of hydrogen-bond acceptors (Lipinski definition) is 6. The van der Waals surface area contributed by atoms with E-state index in [0.29, 0.717) is 19.3 Å². The van der Waals surface area contributed by atoms with E-state index < -0.39 is 6.10 Å². The maximum absolute atomic E-state index is 12.8. The summed E-state index contributed by atoms with van der Waals surface area (Å²) >= 11 is 0. The Labute approximate surface area is 427 Å². The lowest BCUT2D eigenvalue weighted by atomic mass is 10.0. The second-order valence-corrected chi connectivity index (χ2v) is 19.5. The molecule has 6 heteroatoms. The molecule has 0 aromatic rings. The van der Waals surface area contributed by atoms with Gasteiger partial charge in [-0.15, -0.1) is 0 Å². The van der Waals surface area contributed by atoms with Gasteiger partial charge in [0.25, 0.3) is 0 Å². The third-order valence-corrected chi connectivity index (χ3v) is 12.7. The first kappa shape index (κ1) is 65.8. The monoisotopic (exact) mass is 963 g/mol. The summed E-state index contributed by atoms with van der Waals surface area (Å²) in [5.74, 6) is -0.939. The number of hydrogen-bond donors (Lipinski definition) is 0. The number of unbranched alkanes of at least 4 members (excludes halogenated alkanes) is 30. The molecular weight excluding hydrogens is 853 g/mol. The van der Waals surface area contributed by atoms with Crippen LogP contribution in [0.5, 0.6) is 0 Å². The van der Waals surface area contributed by atoms with Crippen molar-refractivity contribution in [3.63, 3.8) is 0 Å². The maximum Gasteiger partial charge on any atom is 0.306 e. The van der Waals surface area contributed by atoms with Crippen LogP contribution in [0.15, 0.2) is 72.9 Å². The van der Waals surface area contributed by atoms with E-state index in [1.165, 1.54) is 161 Å². The van der Waals surface area contributed by atoms with Crippen LogP contribution in [-0.4, -0.2) is 37.2 Å². The van der Waals surface area contributed by atoms with E-state index >= 15 is 0 Å². The molecule has 0 fully saturated rings. The lowest BCUT2D eigenvalue weighted by Gasteiger charge is -2.18. The van der Waals surface area contributed by atoms with Crippen LogP contribution in [0.1, 0.15) is 290 Å². The van der Waals surface area contributed by atoms with E-state index in [-0.39, 0.29) is 37.5 Å². The smallest absolute Gasteiger partial charge is 0.306 e. The topological polar surface area (TPSA) is 78.9 Å². The highest BCUT2D eigenvalue weighted by Gasteiger charge is 2.19. The molecule has 398 valence electrons. The first-order valence-corrected chi connectivity index (χ1v) is 29.4. The summed E-state index contributed by atoms with van der Waals surface area (Å²) in [5, 5.41) is 0. The van der Waals surface area contributed by atoms with E-state index in [9.17, 15) is 14.4 Å². The molecule has 0 amide bonds. The highest BCUT2D eigenvalue weighted by molar-refractivity contribution is 5.71. The summed E-state index contributed by atoms with van der Waals surface area (Å²) in [6.07, 6.45) is 73.4. The van der Waals surface area contributed by atoms with Crippen LogP contribution in [0.2, 0.25) is 0 Å². The quantitative estimate of drug-likeness (QED) is 0.0262. The Hall–Kier alpha value is -3.15. The third kappa shape index (κ3) is 55.6. The summed E-state index contributed by atoms with van der Waals surface area (Å²) < 4.78 is 16.8. The lowest BCUT2D eigenvalue weighted by Crippen LogP contribution is -2.30. The number of ether oxygens (including phenoxy) is 3. The minimum Gasteiger partial charge on any atom is -0.462 e. The molecule has 0 spiro atoms. The summed E-state index contributed by atoms with van der Waals surface area (Å²) in [4.78, 5) is 38.1. The largest absolute Gasteiger partial charge is 0.462 e. The molecule has 1 atom stereocenters. The molecule has 0 heterocycles. The van der Waals surface area contributed by atoms with E-state index in [1.807, 2.05) is 0 Å². The number of rotatable bonds is 53. The van der Waals surface area contributed by atoms with Crippen molar-refractivity contribution in [3.8, 4) is 0 Å². The van der Waals surface area contributed by atoms with Gasteiger partial charge in [0.2, 0.25) is 0 Å². The lowest BCUT2D eigenvalue weighted by molar-refractivity contribution is -0.167. The Morgan fingerprint density at radius 1 is 0.304 bits per heavy atom. The van der Waals surface area contributed by atoms with Crippen molar-refractivity contribution in [2.45, 2.75) is 297 Å². The van der Waals surface area contributed by atoms with Gasteiger partial charge in [-0.25, -0.2) is 0 Å². The fourth-order valence-electron chi connectivity index (χ4n) is 8.23. The summed E-state index contributed by atoms with van der Waals surface area (Å²) in [6, 6.07) is 0. The first-order chi connectivity index (χ1) is 34.0. The van der Waals surface area contributed by atoms with Crippen molar-refractivity contribution in [3.05, 3.63) is 72.9 Å². The molecular formula is C63H110O6. The molecule has 0 bridgehead atoms. The molecule has 0 aliphatic heterocycles. The van der Waals surface area contributed by atoms with Gasteiger partial charge in [0.05, 0.1) is 0 Å². The molecule has 0 aromatic carbocycles. The van der Waals surface area contributed by atoms with Crippen LogP contribution < -0.4 is 0 Å². The van der Waals surface area contributed by atoms with Gasteiger partial charge in [-0.05, 0) is 103 Å². The van der Waals surface area contributed by atoms with Crippen LogP contribution in [-0.2, 0) is 28.6 Å². The summed E-state index contributed by atoms with van der Waals surface area (Å²) in [6.45, 7) is 6.46. The van der Waals surface area contributed by atoms with E-state index in [1.54, 1.807) is 0 Å². The van der Waals surface area contributed by atoms with Crippen LogP contribution in [0.25, 0.3) is 0 Å². The molecule has 0 N–H and O–H groups in total. The Balaban J connectivity index is 4.27. The fourth-order valence-corrected chi connectivity index (χ4v) is 8.23. The highest BCUT2D eigenvalue weighted by atomic mass is 16.6. The van der Waals surface area contributed by atoms with Crippen LogP contribution in [0, 0.1) is 0 Å². The van der Waals surface area contributed by atoms with Gasteiger partial charge in [0.1, 0.15) is 13.2 Å². The van der Waals surface area contributed by atoms with Gasteiger partial charge in [0.15, 0.2) is 6.10 Å². The average molecular weight is 964 g/mol. The number of carbonyl (C=O) groups is 3. The van der Waals surface area contributed by atoms with Crippen LogP contribution >= 0.6 is 0 Å². The van der Waals surface area contributed by atoms with Gasteiger partial charge in [-0.1, -0.05) is 241 Å².